The van der Waals surface area contributed by atoms with Crippen LogP contribution in [0.2, 0.25) is 0 Å². The lowest BCUT2D eigenvalue weighted by Gasteiger charge is -2.13. The van der Waals surface area contributed by atoms with Crippen molar-refractivity contribution in [3.63, 3.8) is 0 Å². The number of thiocarbonyl (C=S) groups is 1. The molecular weight excluding hydrogens is 432 g/mol. The van der Waals surface area contributed by atoms with Gasteiger partial charge in [-0.05, 0) is 64.9 Å². The van der Waals surface area contributed by atoms with Crippen molar-refractivity contribution in [3.05, 3.63) is 58.1 Å². The van der Waals surface area contributed by atoms with Crippen LogP contribution < -0.4 is 15.4 Å². The van der Waals surface area contributed by atoms with Gasteiger partial charge in [-0.3, -0.25) is 10.1 Å². The summed E-state index contributed by atoms with van der Waals surface area (Å²) >= 11 is 8.57. The Labute approximate surface area is 171 Å². The molecule has 2 aromatic rings. The van der Waals surface area contributed by atoms with Crippen LogP contribution in [0.15, 0.2) is 46.9 Å². The minimum atomic E-state index is -0.501. The van der Waals surface area contributed by atoms with Crippen LogP contribution in [0.1, 0.15) is 34.1 Å². The number of amides is 1. The molecule has 0 aromatic heterocycles. The molecule has 0 spiro atoms. The van der Waals surface area contributed by atoms with Gasteiger partial charge in [-0.25, -0.2) is 4.79 Å². The molecule has 0 aliphatic heterocycles. The Balaban J connectivity index is 2.05. The third-order valence-corrected chi connectivity index (χ3v) is 4.29. The Kier molecular flexibility index (Phi) is 7.75. The molecule has 0 fully saturated rings. The van der Waals surface area contributed by atoms with Gasteiger partial charge in [0.1, 0.15) is 5.75 Å². The van der Waals surface area contributed by atoms with E-state index < -0.39 is 5.97 Å². The Morgan fingerprint density at radius 1 is 1.19 bits per heavy atom. The second-order valence-electron chi connectivity index (χ2n) is 5.44. The molecule has 0 unspecified atom stereocenters. The Bertz CT molecular complexity index is 857. The summed E-state index contributed by atoms with van der Waals surface area (Å²) in [5.74, 6) is -0.217. The average Bonchev–Trinajstić information content (AvgIpc) is 2.66. The van der Waals surface area contributed by atoms with Crippen LogP contribution in [0.4, 0.5) is 5.69 Å². The summed E-state index contributed by atoms with van der Waals surface area (Å²) in [6.07, 6.45) is 0.891. The first-order chi connectivity index (χ1) is 13.0. The van der Waals surface area contributed by atoms with Gasteiger partial charge in [0.15, 0.2) is 5.11 Å². The molecule has 2 N–H and O–H groups in total. The number of benzene rings is 2. The lowest BCUT2D eigenvalue weighted by Crippen LogP contribution is -2.34. The molecule has 1 amide bonds. The lowest BCUT2D eigenvalue weighted by molar-refractivity contribution is 0.0602. The van der Waals surface area contributed by atoms with Crippen molar-refractivity contribution in [1.82, 2.24) is 5.32 Å². The summed E-state index contributed by atoms with van der Waals surface area (Å²) in [4.78, 5) is 24.2. The number of para-hydroxylation sites is 1. The number of hydrogen-bond donors (Lipinski definition) is 2. The first-order valence-corrected chi connectivity index (χ1v) is 9.38. The van der Waals surface area contributed by atoms with E-state index in [1.165, 1.54) is 7.11 Å². The molecule has 0 bridgehead atoms. The number of rotatable bonds is 6. The van der Waals surface area contributed by atoms with Crippen molar-refractivity contribution in [2.75, 3.05) is 19.0 Å². The molecule has 0 radical (unpaired) electrons. The number of carbonyl (C=O) groups is 2. The van der Waals surface area contributed by atoms with Crippen molar-refractivity contribution in [1.29, 1.82) is 0 Å². The lowest BCUT2D eigenvalue weighted by atomic mass is 10.2. The Morgan fingerprint density at radius 3 is 2.59 bits per heavy atom. The smallest absolute Gasteiger partial charge is 0.339 e. The van der Waals surface area contributed by atoms with Crippen LogP contribution in [-0.2, 0) is 4.74 Å². The van der Waals surface area contributed by atoms with Crippen LogP contribution in [0, 0.1) is 0 Å². The number of nitrogens with one attached hydrogen (secondary N) is 2. The fraction of sp³-hybridized carbons (Fsp3) is 0.211. The largest absolute Gasteiger partial charge is 0.492 e. The summed E-state index contributed by atoms with van der Waals surface area (Å²) in [5.41, 5.74) is 1.17. The van der Waals surface area contributed by atoms with Gasteiger partial charge in [0, 0.05) is 5.56 Å². The second-order valence-corrected chi connectivity index (χ2v) is 6.70. The number of hydrogen-bond acceptors (Lipinski definition) is 5. The zero-order chi connectivity index (χ0) is 19.8. The second kappa shape index (κ2) is 10.0. The summed E-state index contributed by atoms with van der Waals surface area (Å²) in [6.45, 7) is 2.61. The van der Waals surface area contributed by atoms with Crippen LogP contribution >= 0.6 is 28.1 Å². The zero-order valence-corrected chi connectivity index (χ0v) is 17.3. The number of methoxy groups -OCH3 is 1. The number of ether oxygens (including phenoxy) is 2. The minimum Gasteiger partial charge on any atom is -0.492 e. The zero-order valence-electron chi connectivity index (χ0n) is 14.9. The molecule has 0 saturated heterocycles. The molecule has 8 heteroatoms. The van der Waals surface area contributed by atoms with E-state index in [0.29, 0.717) is 33.6 Å². The van der Waals surface area contributed by atoms with E-state index in [2.05, 4.69) is 26.6 Å². The van der Waals surface area contributed by atoms with Crippen LogP contribution in [0.5, 0.6) is 5.75 Å². The average molecular weight is 451 g/mol. The SMILES string of the molecule is CCCOc1ccc(C(=O)NC(=S)Nc2ccccc2C(=O)OC)cc1Br. The highest BCUT2D eigenvalue weighted by molar-refractivity contribution is 9.10. The van der Waals surface area contributed by atoms with Gasteiger partial charge < -0.3 is 14.8 Å². The van der Waals surface area contributed by atoms with Crippen molar-refractivity contribution < 1.29 is 19.1 Å². The van der Waals surface area contributed by atoms with Gasteiger partial charge in [-0.2, -0.15) is 0 Å². The molecule has 0 saturated carbocycles. The van der Waals surface area contributed by atoms with E-state index in [1.54, 1.807) is 42.5 Å². The Hall–Kier alpha value is -2.45. The van der Waals surface area contributed by atoms with Crippen LogP contribution in [0.3, 0.4) is 0 Å². The topological polar surface area (TPSA) is 76.7 Å². The van der Waals surface area contributed by atoms with Gasteiger partial charge in [0.25, 0.3) is 5.91 Å². The van der Waals surface area contributed by atoms with Gasteiger partial charge in [-0.15, -0.1) is 0 Å². The molecule has 142 valence electrons. The number of esters is 1. The van der Waals surface area contributed by atoms with E-state index in [0.717, 1.165) is 6.42 Å². The monoisotopic (exact) mass is 450 g/mol. The first-order valence-electron chi connectivity index (χ1n) is 8.18. The molecule has 2 rings (SSSR count). The molecule has 2 aromatic carbocycles. The molecule has 6 nitrogen and oxygen atoms in total. The van der Waals surface area contributed by atoms with Crippen molar-refractivity contribution in [2.24, 2.45) is 0 Å². The predicted octanol–water partition coefficient (Wildman–Crippen LogP) is 4.15. The van der Waals surface area contributed by atoms with E-state index in [4.69, 9.17) is 21.7 Å². The highest BCUT2D eigenvalue weighted by Crippen LogP contribution is 2.26. The summed E-state index contributed by atoms with van der Waals surface area (Å²) in [7, 11) is 1.30. The van der Waals surface area contributed by atoms with Gasteiger partial charge >= 0.3 is 5.97 Å². The minimum absolute atomic E-state index is 0.0683. The fourth-order valence-corrected chi connectivity index (χ4v) is 2.88. The molecular formula is C19H19BrN2O4S. The molecule has 0 heterocycles. The van der Waals surface area contributed by atoms with E-state index in [1.807, 2.05) is 6.92 Å². The summed E-state index contributed by atoms with van der Waals surface area (Å²) in [6, 6.07) is 11.7. The van der Waals surface area contributed by atoms with Gasteiger partial charge in [0.2, 0.25) is 0 Å². The van der Waals surface area contributed by atoms with Crippen molar-refractivity contribution >= 4 is 50.8 Å². The Morgan fingerprint density at radius 2 is 1.93 bits per heavy atom. The van der Waals surface area contributed by atoms with Gasteiger partial charge in [0.05, 0.1) is 29.4 Å². The van der Waals surface area contributed by atoms with Gasteiger partial charge in [-0.1, -0.05) is 19.1 Å². The van der Waals surface area contributed by atoms with E-state index in [9.17, 15) is 9.59 Å². The van der Waals surface area contributed by atoms with Crippen LogP contribution in [0.25, 0.3) is 0 Å². The maximum Gasteiger partial charge on any atom is 0.339 e. The predicted molar refractivity (Wildman–Crippen MR) is 111 cm³/mol. The molecule has 0 atom stereocenters. The van der Waals surface area contributed by atoms with E-state index in [-0.39, 0.29) is 11.0 Å². The molecule has 27 heavy (non-hydrogen) atoms. The normalized spacial score (nSPS) is 10.0. The quantitative estimate of drug-likeness (QED) is 0.508. The van der Waals surface area contributed by atoms with Crippen LogP contribution in [-0.4, -0.2) is 30.7 Å². The number of carbonyl (C=O) groups excluding carboxylic acids is 2. The maximum absolute atomic E-state index is 12.4. The maximum atomic E-state index is 12.4. The molecule has 0 aliphatic rings. The fourth-order valence-electron chi connectivity index (χ4n) is 2.18. The third kappa shape index (κ3) is 5.77. The van der Waals surface area contributed by atoms with E-state index >= 15 is 0 Å². The standard InChI is InChI=1S/C19H19BrN2O4S/c1-3-10-26-16-9-8-12(11-14(16)20)17(23)22-19(27)21-15-7-5-4-6-13(15)18(24)25-2/h4-9,11H,3,10H2,1-2H3,(H2,21,22,23,27). The summed E-state index contributed by atoms with van der Waals surface area (Å²) in [5, 5.41) is 5.50. The molecule has 0 aliphatic carbocycles. The first kappa shape index (κ1) is 20.9. The van der Waals surface area contributed by atoms with Crippen molar-refractivity contribution in [2.45, 2.75) is 13.3 Å². The number of halogens is 1. The summed E-state index contributed by atoms with van der Waals surface area (Å²) < 4.78 is 11.0. The highest BCUT2D eigenvalue weighted by Gasteiger charge is 2.14. The highest BCUT2D eigenvalue weighted by atomic mass is 79.9. The van der Waals surface area contributed by atoms with Crippen molar-refractivity contribution in [3.8, 4) is 5.75 Å². The third-order valence-electron chi connectivity index (χ3n) is 3.46. The number of anilines is 1.